The Morgan fingerprint density at radius 3 is 2.48 bits per heavy atom. The molecule has 0 saturated carbocycles. The summed E-state index contributed by atoms with van der Waals surface area (Å²) in [6.45, 7) is 8.43. The summed E-state index contributed by atoms with van der Waals surface area (Å²) in [7, 11) is -1.78. The van der Waals surface area contributed by atoms with Gasteiger partial charge in [-0.05, 0) is 32.0 Å². The molecular weight excluding hydrogens is 366 g/mol. The summed E-state index contributed by atoms with van der Waals surface area (Å²) in [6.07, 6.45) is 0.216. The minimum Gasteiger partial charge on any atom is -0.465 e. The average Bonchev–Trinajstić information content (AvgIpc) is 2.79. The summed E-state index contributed by atoms with van der Waals surface area (Å²) < 4.78 is 35.2. The Hall–Kier alpha value is -1.44. The molecule has 1 heterocycles. The Balaban J connectivity index is 2.20. The highest BCUT2D eigenvalue weighted by Gasteiger charge is 2.62. The number of fused-ring (bicyclic) bond motifs is 3. The maximum atomic E-state index is 12.9. The fourth-order valence-corrected chi connectivity index (χ4v) is 5.95. The second-order valence-corrected chi connectivity index (χ2v) is 10.2. The number of carbonyl (C=O) groups is 1. The number of ether oxygens (including phenoxy) is 1. The van der Waals surface area contributed by atoms with Gasteiger partial charge in [0.1, 0.15) is 11.5 Å². The highest BCUT2D eigenvalue weighted by atomic mass is 32.2. The largest absolute Gasteiger partial charge is 0.465 e. The van der Waals surface area contributed by atoms with E-state index in [-0.39, 0.29) is 24.0 Å². The van der Waals surface area contributed by atoms with Crippen LogP contribution in [0.5, 0.6) is 0 Å². The number of carbonyl (C=O) groups excluding carboxylic acids is 1. The summed E-state index contributed by atoms with van der Waals surface area (Å²) in [5, 5.41) is 0. The molecule has 0 radical (unpaired) electrons. The number of hydrogen-bond donors (Lipinski definition) is 0. The van der Waals surface area contributed by atoms with Crippen molar-refractivity contribution in [2.75, 3.05) is 26.5 Å². The van der Waals surface area contributed by atoms with Crippen LogP contribution in [-0.4, -0.2) is 57.9 Å². The number of likely N-dealkylation sites (N-methyl/N-ethyl adjacent to an activating group) is 1. The van der Waals surface area contributed by atoms with Gasteiger partial charge in [0.2, 0.25) is 0 Å². The van der Waals surface area contributed by atoms with Gasteiger partial charge < -0.3 is 9.64 Å². The molecule has 0 aromatic heterocycles. The average molecular weight is 396 g/mol. The van der Waals surface area contributed by atoms with E-state index in [9.17, 15) is 13.2 Å². The zero-order valence-electron chi connectivity index (χ0n) is 16.9. The molecule has 1 fully saturated rings. The standard InChI is InChI=1S/C20H29NO5S/c1-7-25-18(22)20(4)12-21(5)16-15(17(20)26-27(6,23)24)13-10-8-9-11-14(13)19(16,2)3/h8-11,15-17H,7,12H2,1-6H3/t15-,16-,17-,20-/m0/s1. The molecule has 0 bridgehead atoms. The molecule has 0 unspecified atom stereocenters. The number of nitrogens with zero attached hydrogens (tertiary/aromatic N) is 1. The van der Waals surface area contributed by atoms with Crippen molar-refractivity contribution < 1.29 is 22.1 Å². The predicted molar refractivity (Wildman–Crippen MR) is 103 cm³/mol. The van der Waals surface area contributed by atoms with E-state index in [2.05, 4.69) is 24.8 Å². The number of hydrogen-bond acceptors (Lipinski definition) is 6. The monoisotopic (exact) mass is 395 g/mol. The molecule has 6 nitrogen and oxygen atoms in total. The van der Waals surface area contributed by atoms with Crippen molar-refractivity contribution >= 4 is 16.1 Å². The minimum atomic E-state index is -3.77. The second kappa shape index (κ2) is 6.57. The lowest BCUT2D eigenvalue weighted by Gasteiger charge is -2.52. The highest BCUT2D eigenvalue weighted by Crippen LogP contribution is 2.56. The zero-order valence-corrected chi connectivity index (χ0v) is 17.7. The first-order valence-electron chi connectivity index (χ1n) is 9.28. The molecule has 1 aliphatic carbocycles. The third-order valence-electron chi connectivity index (χ3n) is 6.12. The smallest absolute Gasteiger partial charge is 0.315 e. The number of benzene rings is 1. The van der Waals surface area contributed by atoms with Gasteiger partial charge in [0.15, 0.2) is 0 Å². The van der Waals surface area contributed by atoms with Crippen molar-refractivity contribution in [3.63, 3.8) is 0 Å². The van der Waals surface area contributed by atoms with Crippen molar-refractivity contribution in [3.8, 4) is 0 Å². The quantitative estimate of drug-likeness (QED) is 0.575. The van der Waals surface area contributed by atoms with Crippen LogP contribution in [-0.2, 0) is 29.2 Å². The van der Waals surface area contributed by atoms with E-state index in [0.29, 0.717) is 6.54 Å². The molecule has 150 valence electrons. The lowest BCUT2D eigenvalue weighted by Crippen LogP contribution is -2.63. The van der Waals surface area contributed by atoms with Crippen LogP contribution in [0.15, 0.2) is 24.3 Å². The summed E-state index contributed by atoms with van der Waals surface area (Å²) in [6, 6.07) is 8.07. The molecule has 1 aromatic rings. The Labute approximate surface area is 162 Å². The molecule has 3 rings (SSSR count). The number of esters is 1. The molecule has 2 aliphatic rings. The number of rotatable bonds is 4. The lowest BCUT2D eigenvalue weighted by atomic mass is 9.67. The Bertz CT molecular complexity index is 850. The van der Waals surface area contributed by atoms with Crippen LogP contribution in [0.2, 0.25) is 0 Å². The van der Waals surface area contributed by atoms with Crippen LogP contribution >= 0.6 is 0 Å². The van der Waals surface area contributed by atoms with Crippen LogP contribution in [0.25, 0.3) is 0 Å². The van der Waals surface area contributed by atoms with Gasteiger partial charge in [0.25, 0.3) is 10.1 Å². The molecule has 1 aliphatic heterocycles. The van der Waals surface area contributed by atoms with E-state index in [1.807, 2.05) is 25.2 Å². The Morgan fingerprint density at radius 1 is 1.26 bits per heavy atom. The van der Waals surface area contributed by atoms with Crippen molar-refractivity contribution in [3.05, 3.63) is 35.4 Å². The molecule has 1 aromatic carbocycles. The van der Waals surface area contributed by atoms with Crippen LogP contribution < -0.4 is 0 Å². The van der Waals surface area contributed by atoms with Gasteiger partial charge >= 0.3 is 5.97 Å². The fourth-order valence-electron chi connectivity index (χ4n) is 5.24. The predicted octanol–water partition coefficient (Wildman–Crippen LogP) is 2.29. The molecule has 27 heavy (non-hydrogen) atoms. The molecule has 1 saturated heterocycles. The maximum absolute atomic E-state index is 12.9. The van der Waals surface area contributed by atoms with Gasteiger partial charge in [-0.25, -0.2) is 0 Å². The van der Waals surface area contributed by atoms with Crippen molar-refractivity contribution in [1.29, 1.82) is 0 Å². The highest BCUT2D eigenvalue weighted by molar-refractivity contribution is 7.86. The third-order valence-corrected chi connectivity index (χ3v) is 6.68. The number of piperidine rings is 1. The summed E-state index contributed by atoms with van der Waals surface area (Å²) in [5.74, 6) is -0.676. The summed E-state index contributed by atoms with van der Waals surface area (Å²) in [4.78, 5) is 15.1. The van der Waals surface area contributed by atoms with Crippen LogP contribution in [0.4, 0.5) is 0 Å². The first-order chi connectivity index (χ1) is 12.4. The maximum Gasteiger partial charge on any atom is 0.315 e. The van der Waals surface area contributed by atoms with E-state index >= 15 is 0 Å². The van der Waals surface area contributed by atoms with Crippen molar-refractivity contribution in [2.45, 2.75) is 51.2 Å². The Morgan fingerprint density at radius 2 is 1.89 bits per heavy atom. The molecule has 0 N–H and O–H groups in total. The van der Waals surface area contributed by atoms with Crippen LogP contribution in [0, 0.1) is 5.41 Å². The van der Waals surface area contributed by atoms with Crippen LogP contribution in [0.3, 0.4) is 0 Å². The minimum absolute atomic E-state index is 0.0177. The molecule has 0 spiro atoms. The van der Waals surface area contributed by atoms with Crippen LogP contribution in [0.1, 0.15) is 44.7 Å². The van der Waals surface area contributed by atoms with Gasteiger partial charge in [0.05, 0.1) is 12.9 Å². The lowest BCUT2D eigenvalue weighted by molar-refractivity contribution is -0.169. The van der Waals surface area contributed by atoms with E-state index in [1.165, 1.54) is 5.56 Å². The Kier molecular flexibility index (Phi) is 4.94. The third kappa shape index (κ3) is 3.19. The number of likely N-dealkylation sites (tertiary alicyclic amines) is 1. The SMILES string of the molecule is CCOC(=O)[C@@]1(C)CN(C)[C@H]2[C@H](c3ccccc3C2(C)C)[C@@H]1OS(C)(=O)=O. The fraction of sp³-hybridized carbons (Fsp3) is 0.650. The molecular formula is C20H29NO5S. The van der Waals surface area contributed by atoms with Gasteiger partial charge in [-0.15, -0.1) is 0 Å². The van der Waals surface area contributed by atoms with Gasteiger partial charge in [-0.2, -0.15) is 8.42 Å². The van der Waals surface area contributed by atoms with Gasteiger partial charge in [-0.1, -0.05) is 38.1 Å². The van der Waals surface area contributed by atoms with Crippen molar-refractivity contribution in [2.24, 2.45) is 5.41 Å². The van der Waals surface area contributed by atoms with E-state index in [1.54, 1.807) is 13.8 Å². The second-order valence-electron chi connectivity index (χ2n) is 8.55. The van der Waals surface area contributed by atoms with Gasteiger partial charge in [-0.3, -0.25) is 8.98 Å². The molecule has 7 heteroatoms. The summed E-state index contributed by atoms with van der Waals surface area (Å²) >= 11 is 0. The molecule has 4 atom stereocenters. The normalized spacial score (nSPS) is 32.6. The van der Waals surface area contributed by atoms with Gasteiger partial charge in [0, 0.05) is 23.9 Å². The topological polar surface area (TPSA) is 72.9 Å². The first kappa shape index (κ1) is 20.3. The zero-order chi connectivity index (χ0) is 20.2. The van der Waals surface area contributed by atoms with Crippen molar-refractivity contribution in [1.82, 2.24) is 4.90 Å². The first-order valence-corrected chi connectivity index (χ1v) is 11.1. The molecule has 0 amide bonds. The van der Waals surface area contributed by atoms with E-state index in [0.717, 1.165) is 11.8 Å². The van der Waals surface area contributed by atoms with E-state index in [4.69, 9.17) is 8.92 Å². The summed E-state index contributed by atoms with van der Waals surface area (Å²) in [5.41, 5.74) is 0.915. The van der Waals surface area contributed by atoms with E-state index < -0.39 is 27.6 Å².